The van der Waals surface area contributed by atoms with Crippen molar-refractivity contribution in [1.82, 2.24) is 9.88 Å². The highest BCUT2D eigenvalue weighted by atomic mass is 16.5. The third kappa shape index (κ3) is 4.37. The summed E-state index contributed by atoms with van der Waals surface area (Å²) in [6.45, 7) is 7.27. The summed E-state index contributed by atoms with van der Waals surface area (Å²) in [6, 6.07) is 2.56. The summed E-state index contributed by atoms with van der Waals surface area (Å²) in [5, 5.41) is 3.62. The van der Waals surface area contributed by atoms with Gasteiger partial charge < -0.3 is 14.6 Å². The van der Waals surface area contributed by atoms with E-state index in [0.717, 1.165) is 18.9 Å². The van der Waals surface area contributed by atoms with Crippen LogP contribution in [0, 0.1) is 5.92 Å². The monoisotopic (exact) mass is 278 g/mol. The van der Waals surface area contributed by atoms with Crippen LogP contribution in [0.1, 0.15) is 51.6 Å². The van der Waals surface area contributed by atoms with Gasteiger partial charge >= 0.3 is 5.97 Å². The minimum Gasteiger partial charge on any atom is -0.462 e. The number of nitrogens with one attached hydrogen (secondary N) is 1. The molecule has 1 unspecified atom stereocenters. The van der Waals surface area contributed by atoms with Crippen molar-refractivity contribution in [2.45, 2.75) is 58.7 Å². The van der Waals surface area contributed by atoms with E-state index in [4.69, 9.17) is 4.74 Å². The lowest BCUT2D eigenvalue weighted by Crippen LogP contribution is -2.23. The van der Waals surface area contributed by atoms with E-state index in [2.05, 4.69) is 24.5 Å². The van der Waals surface area contributed by atoms with Gasteiger partial charge in [-0.3, -0.25) is 4.79 Å². The van der Waals surface area contributed by atoms with Crippen molar-refractivity contribution >= 4 is 5.97 Å². The zero-order valence-corrected chi connectivity index (χ0v) is 12.8. The second kappa shape index (κ2) is 6.93. The van der Waals surface area contributed by atoms with Gasteiger partial charge in [0.05, 0.1) is 6.10 Å². The first kappa shape index (κ1) is 15.1. The van der Waals surface area contributed by atoms with Crippen LogP contribution >= 0.6 is 0 Å². The number of hydrogen-bond donors (Lipinski definition) is 1. The Kier molecular flexibility index (Phi) is 5.24. The van der Waals surface area contributed by atoms with E-state index >= 15 is 0 Å². The summed E-state index contributed by atoms with van der Waals surface area (Å²) in [5.74, 6) is 0.589. The van der Waals surface area contributed by atoms with E-state index in [1.165, 1.54) is 18.4 Å². The van der Waals surface area contributed by atoms with E-state index in [1.807, 2.05) is 24.6 Å². The van der Waals surface area contributed by atoms with E-state index in [-0.39, 0.29) is 12.1 Å². The molecule has 0 aliphatic heterocycles. The van der Waals surface area contributed by atoms with Gasteiger partial charge in [0.1, 0.15) is 6.54 Å². The summed E-state index contributed by atoms with van der Waals surface area (Å²) in [6.07, 6.45) is 7.75. The molecule has 1 heterocycles. The highest BCUT2D eigenvalue weighted by Gasteiger charge is 2.32. The van der Waals surface area contributed by atoms with Gasteiger partial charge in [0.25, 0.3) is 0 Å². The number of hydrogen-bond acceptors (Lipinski definition) is 3. The molecule has 1 aromatic rings. The Morgan fingerprint density at radius 3 is 2.85 bits per heavy atom. The van der Waals surface area contributed by atoms with Crippen molar-refractivity contribution in [3.05, 3.63) is 24.0 Å². The normalized spacial score (nSPS) is 16.4. The minimum absolute atomic E-state index is 0.0528. The van der Waals surface area contributed by atoms with Gasteiger partial charge in [-0.05, 0) is 57.2 Å². The van der Waals surface area contributed by atoms with E-state index in [1.54, 1.807) is 0 Å². The fraction of sp³-hybridized carbons (Fsp3) is 0.688. The summed E-state index contributed by atoms with van der Waals surface area (Å²) in [7, 11) is 0. The number of aromatic nitrogens is 1. The van der Waals surface area contributed by atoms with Gasteiger partial charge in [-0.25, -0.2) is 0 Å². The maximum Gasteiger partial charge on any atom is 0.326 e. The molecule has 0 aromatic carbocycles. The van der Waals surface area contributed by atoms with Crippen molar-refractivity contribution in [3.8, 4) is 0 Å². The fourth-order valence-corrected chi connectivity index (χ4v) is 2.48. The van der Waals surface area contributed by atoms with Crippen molar-refractivity contribution in [3.63, 3.8) is 0 Å². The quantitative estimate of drug-likeness (QED) is 0.744. The maximum absolute atomic E-state index is 11.7. The molecule has 20 heavy (non-hydrogen) atoms. The fourth-order valence-electron chi connectivity index (χ4n) is 2.48. The molecular formula is C16H26N2O2. The van der Waals surface area contributed by atoms with Crippen LogP contribution in [0.5, 0.6) is 0 Å². The van der Waals surface area contributed by atoms with Crippen LogP contribution in [-0.4, -0.2) is 23.2 Å². The Morgan fingerprint density at radius 2 is 2.25 bits per heavy atom. The molecule has 1 aliphatic rings. The lowest BCUT2D eigenvalue weighted by Gasteiger charge is -2.16. The van der Waals surface area contributed by atoms with Crippen LogP contribution in [0.3, 0.4) is 0 Å². The van der Waals surface area contributed by atoms with Gasteiger partial charge in [0, 0.05) is 18.4 Å². The number of nitrogens with zero attached hydrogens (tertiary/aromatic N) is 1. The highest BCUT2D eigenvalue weighted by molar-refractivity contribution is 5.69. The number of esters is 1. The Bertz CT molecular complexity index is 435. The van der Waals surface area contributed by atoms with Crippen molar-refractivity contribution in [2.24, 2.45) is 5.92 Å². The average molecular weight is 278 g/mol. The zero-order chi connectivity index (χ0) is 14.5. The largest absolute Gasteiger partial charge is 0.462 e. The summed E-state index contributed by atoms with van der Waals surface area (Å²) < 4.78 is 7.09. The molecule has 112 valence electrons. The molecule has 1 N–H and O–H groups in total. The van der Waals surface area contributed by atoms with Gasteiger partial charge in [0.2, 0.25) is 0 Å². The lowest BCUT2D eigenvalue weighted by molar-refractivity contribution is -0.148. The standard InChI is InChI=1S/C16H26N2O2/c1-4-8-17-16(13-5-6-13)14-7-9-18(10-14)11-15(19)20-12(2)3/h7,9-10,12-13,16-17H,4-6,8,11H2,1-3H3. The first-order valence-corrected chi connectivity index (χ1v) is 7.68. The predicted molar refractivity (Wildman–Crippen MR) is 79.4 cm³/mol. The molecule has 0 amide bonds. The molecule has 1 fully saturated rings. The van der Waals surface area contributed by atoms with Crippen molar-refractivity contribution in [1.29, 1.82) is 0 Å². The molecular weight excluding hydrogens is 252 g/mol. The van der Waals surface area contributed by atoms with Crippen LogP contribution in [0.2, 0.25) is 0 Å². The molecule has 2 rings (SSSR count). The van der Waals surface area contributed by atoms with Crippen LogP contribution in [0.15, 0.2) is 18.5 Å². The summed E-state index contributed by atoms with van der Waals surface area (Å²) in [4.78, 5) is 11.7. The molecule has 1 aliphatic carbocycles. The van der Waals surface area contributed by atoms with Gasteiger partial charge in [-0.15, -0.1) is 0 Å². The molecule has 0 saturated heterocycles. The second-order valence-corrected chi connectivity index (χ2v) is 5.93. The lowest BCUT2D eigenvalue weighted by atomic mass is 10.1. The Balaban J connectivity index is 1.94. The second-order valence-electron chi connectivity index (χ2n) is 5.93. The Labute approximate surface area is 121 Å². The molecule has 0 bridgehead atoms. The van der Waals surface area contributed by atoms with E-state index in [0.29, 0.717) is 12.6 Å². The maximum atomic E-state index is 11.7. The first-order chi connectivity index (χ1) is 9.60. The topological polar surface area (TPSA) is 43.3 Å². The molecule has 4 heteroatoms. The molecule has 0 radical (unpaired) electrons. The minimum atomic E-state index is -0.174. The van der Waals surface area contributed by atoms with Crippen molar-refractivity contribution in [2.75, 3.05) is 6.54 Å². The molecule has 4 nitrogen and oxygen atoms in total. The van der Waals surface area contributed by atoms with Crippen LogP contribution in [0.4, 0.5) is 0 Å². The van der Waals surface area contributed by atoms with E-state index < -0.39 is 0 Å². The number of rotatable bonds is 8. The smallest absolute Gasteiger partial charge is 0.326 e. The van der Waals surface area contributed by atoms with E-state index in [9.17, 15) is 4.79 Å². The SMILES string of the molecule is CCCNC(c1ccn(CC(=O)OC(C)C)c1)C1CC1. The zero-order valence-electron chi connectivity index (χ0n) is 12.8. The highest BCUT2D eigenvalue weighted by Crippen LogP contribution is 2.41. The third-order valence-corrected chi connectivity index (χ3v) is 3.52. The van der Waals surface area contributed by atoms with Gasteiger partial charge in [-0.2, -0.15) is 0 Å². The summed E-state index contributed by atoms with van der Waals surface area (Å²) in [5.41, 5.74) is 1.29. The molecule has 1 atom stereocenters. The predicted octanol–water partition coefficient (Wildman–Crippen LogP) is 2.89. The van der Waals surface area contributed by atoms with Crippen LogP contribution in [-0.2, 0) is 16.1 Å². The van der Waals surface area contributed by atoms with Gasteiger partial charge in [-0.1, -0.05) is 6.92 Å². The van der Waals surface area contributed by atoms with Gasteiger partial charge in [0.15, 0.2) is 0 Å². The van der Waals surface area contributed by atoms with Crippen LogP contribution < -0.4 is 5.32 Å². The first-order valence-electron chi connectivity index (χ1n) is 7.68. The molecule has 0 spiro atoms. The van der Waals surface area contributed by atoms with Crippen molar-refractivity contribution < 1.29 is 9.53 Å². The Morgan fingerprint density at radius 1 is 1.50 bits per heavy atom. The number of ether oxygens (including phenoxy) is 1. The number of carbonyl (C=O) groups is 1. The molecule has 1 aromatic heterocycles. The van der Waals surface area contributed by atoms with Crippen LogP contribution in [0.25, 0.3) is 0 Å². The molecule has 1 saturated carbocycles. The number of carbonyl (C=O) groups excluding carboxylic acids is 1. The third-order valence-electron chi connectivity index (χ3n) is 3.52. The Hall–Kier alpha value is -1.29. The summed E-state index contributed by atoms with van der Waals surface area (Å²) >= 11 is 0. The average Bonchev–Trinajstić information content (AvgIpc) is 3.10.